The Balaban J connectivity index is 2.64. The van der Waals surface area contributed by atoms with Gasteiger partial charge in [0.15, 0.2) is 5.82 Å². The molecule has 2 aromatic rings. The van der Waals surface area contributed by atoms with E-state index in [2.05, 4.69) is 10.2 Å². The molecule has 0 N–H and O–H groups in total. The number of benzene rings is 1. The zero-order valence-corrected chi connectivity index (χ0v) is 13.8. The van der Waals surface area contributed by atoms with Crippen LogP contribution < -0.4 is 0 Å². The maximum atomic E-state index is 11.6. The lowest BCUT2D eigenvalue weighted by Gasteiger charge is -2.10. The first-order valence-corrected chi connectivity index (χ1v) is 8.74. The second-order valence-electron chi connectivity index (χ2n) is 3.99. The van der Waals surface area contributed by atoms with Gasteiger partial charge in [-0.2, -0.15) is 0 Å². The van der Waals surface area contributed by atoms with E-state index in [1.807, 2.05) is 0 Å². The Morgan fingerprint density at radius 1 is 1.29 bits per heavy atom. The highest BCUT2D eigenvalue weighted by atomic mass is 35.7. The number of hydrogen-bond donors (Lipinski definition) is 0. The summed E-state index contributed by atoms with van der Waals surface area (Å²) in [4.78, 5) is 0. The van der Waals surface area contributed by atoms with E-state index < -0.39 is 9.05 Å². The number of hydrogen-bond acceptors (Lipinski definition) is 5. The van der Waals surface area contributed by atoms with Crippen LogP contribution in [0.3, 0.4) is 0 Å². The maximum Gasteiger partial charge on any atom is 0.296 e. The number of methoxy groups -OCH3 is 1. The molecule has 1 aromatic carbocycles. The monoisotopic (exact) mass is 369 g/mol. The highest BCUT2D eigenvalue weighted by Gasteiger charge is 2.24. The standard InChI is InChI=1S/C11H10Cl3N3O3S/c1-20-6-5-17-10(15-16-11(17)21(14,18)19)7-3-2-4-8(12)9(7)13/h2-4H,5-6H2,1H3. The lowest BCUT2D eigenvalue weighted by molar-refractivity contribution is 0.185. The van der Waals surface area contributed by atoms with Gasteiger partial charge in [0.05, 0.1) is 23.2 Å². The van der Waals surface area contributed by atoms with Gasteiger partial charge in [0.1, 0.15) is 0 Å². The second-order valence-corrected chi connectivity index (χ2v) is 7.23. The van der Waals surface area contributed by atoms with Crippen molar-refractivity contribution in [1.29, 1.82) is 0 Å². The van der Waals surface area contributed by atoms with Crippen molar-refractivity contribution in [3.8, 4) is 11.4 Å². The normalized spacial score (nSPS) is 11.8. The highest BCUT2D eigenvalue weighted by Crippen LogP contribution is 2.33. The van der Waals surface area contributed by atoms with Crippen LogP contribution in [0.25, 0.3) is 11.4 Å². The lowest BCUT2D eigenvalue weighted by Crippen LogP contribution is -2.11. The Bertz CT molecular complexity index is 761. The highest BCUT2D eigenvalue weighted by molar-refractivity contribution is 8.13. The molecule has 0 aliphatic heterocycles. The van der Waals surface area contributed by atoms with Gasteiger partial charge in [-0.1, -0.05) is 29.3 Å². The summed E-state index contributed by atoms with van der Waals surface area (Å²) in [6, 6.07) is 4.95. The van der Waals surface area contributed by atoms with Crippen LogP contribution in [0.5, 0.6) is 0 Å². The Morgan fingerprint density at radius 2 is 2.00 bits per heavy atom. The van der Waals surface area contributed by atoms with Crippen molar-refractivity contribution < 1.29 is 13.2 Å². The molecule has 1 heterocycles. The third-order valence-electron chi connectivity index (χ3n) is 2.65. The average Bonchev–Trinajstić information content (AvgIpc) is 2.83. The molecule has 21 heavy (non-hydrogen) atoms. The molecule has 0 saturated heterocycles. The minimum Gasteiger partial charge on any atom is -0.383 e. The van der Waals surface area contributed by atoms with Crippen LogP contribution in [0, 0.1) is 0 Å². The molecule has 0 saturated carbocycles. The van der Waals surface area contributed by atoms with Crippen LogP contribution in [-0.4, -0.2) is 36.9 Å². The largest absolute Gasteiger partial charge is 0.383 e. The van der Waals surface area contributed by atoms with Crippen molar-refractivity contribution in [2.75, 3.05) is 13.7 Å². The SMILES string of the molecule is COCCn1c(-c2cccc(Cl)c2Cl)nnc1S(=O)(=O)Cl. The molecule has 114 valence electrons. The Kier molecular flexibility index (Phi) is 5.11. The van der Waals surface area contributed by atoms with Gasteiger partial charge in [0, 0.05) is 23.4 Å². The second kappa shape index (κ2) is 6.50. The van der Waals surface area contributed by atoms with Gasteiger partial charge in [-0.25, -0.2) is 8.42 Å². The number of ether oxygens (including phenoxy) is 1. The molecule has 0 bridgehead atoms. The summed E-state index contributed by atoms with van der Waals surface area (Å²) < 4.78 is 29.4. The van der Waals surface area contributed by atoms with E-state index in [1.165, 1.54) is 11.7 Å². The van der Waals surface area contributed by atoms with Gasteiger partial charge < -0.3 is 4.74 Å². The summed E-state index contributed by atoms with van der Waals surface area (Å²) in [5.74, 6) is 0.249. The quantitative estimate of drug-likeness (QED) is 0.757. The summed E-state index contributed by atoms with van der Waals surface area (Å²) in [6.07, 6.45) is 0. The van der Waals surface area contributed by atoms with Crippen LogP contribution in [-0.2, 0) is 20.3 Å². The fourth-order valence-corrected chi connectivity index (χ4v) is 3.04. The molecule has 0 aliphatic rings. The zero-order valence-electron chi connectivity index (χ0n) is 10.8. The van der Waals surface area contributed by atoms with E-state index in [0.29, 0.717) is 10.6 Å². The van der Waals surface area contributed by atoms with Crippen LogP contribution in [0.2, 0.25) is 10.0 Å². The van der Waals surface area contributed by atoms with Gasteiger partial charge in [-0.15, -0.1) is 10.2 Å². The Hall–Kier alpha value is -0.860. The predicted molar refractivity (Wildman–Crippen MR) is 80.4 cm³/mol. The van der Waals surface area contributed by atoms with E-state index in [4.69, 9.17) is 38.6 Å². The van der Waals surface area contributed by atoms with Crippen molar-refractivity contribution in [2.45, 2.75) is 11.7 Å². The van der Waals surface area contributed by atoms with Gasteiger partial charge in [-0.3, -0.25) is 4.57 Å². The number of aromatic nitrogens is 3. The molecular formula is C11H10Cl3N3O3S. The van der Waals surface area contributed by atoms with E-state index in [0.717, 1.165) is 0 Å². The summed E-state index contributed by atoms with van der Waals surface area (Å²) >= 11 is 12.1. The minimum absolute atomic E-state index is 0.197. The zero-order chi connectivity index (χ0) is 15.6. The average molecular weight is 371 g/mol. The van der Waals surface area contributed by atoms with Crippen molar-refractivity contribution in [1.82, 2.24) is 14.8 Å². The van der Waals surface area contributed by atoms with Gasteiger partial charge in [0.2, 0.25) is 0 Å². The van der Waals surface area contributed by atoms with Crippen LogP contribution in [0.4, 0.5) is 0 Å². The number of rotatable bonds is 5. The fraction of sp³-hybridized carbons (Fsp3) is 0.273. The summed E-state index contributed by atoms with van der Waals surface area (Å²) in [7, 11) is 2.81. The molecule has 0 unspecified atom stereocenters. The van der Waals surface area contributed by atoms with Crippen LogP contribution in [0.15, 0.2) is 23.4 Å². The van der Waals surface area contributed by atoms with Crippen molar-refractivity contribution in [3.05, 3.63) is 28.2 Å². The third kappa shape index (κ3) is 3.49. The molecule has 2 rings (SSSR count). The van der Waals surface area contributed by atoms with Crippen LogP contribution >= 0.6 is 33.9 Å². The summed E-state index contributed by atoms with van der Waals surface area (Å²) in [5, 5.41) is 7.69. The van der Waals surface area contributed by atoms with Crippen LogP contribution in [0.1, 0.15) is 0 Å². The maximum absolute atomic E-state index is 11.6. The Morgan fingerprint density at radius 3 is 2.62 bits per heavy atom. The smallest absolute Gasteiger partial charge is 0.296 e. The summed E-state index contributed by atoms with van der Waals surface area (Å²) in [6.45, 7) is 0.450. The van der Waals surface area contributed by atoms with E-state index in [1.54, 1.807) is 18.2 Å². The topological polar surface area (TPSA) is 74.1 Å². The first-order chi connectivity index (χ1) is 9.86. The van der Waals surface area contributed by atoms with E-state index in [-0.39, 0.29) is 29.2 Å². The molecule has 0 atom stereocenters. The molecule has 6 nitrogen and oxygen atoms in total. The third-order valence-corrected chi connectivity index (χ3v) is 4.62. The lowest BCUT2D eigenvalue weighted by atomic mass is 10.2. The van der Waals surface area contributed by atoms with Crippen molar-refractivity contribution in [3.63, 3.8) is 0 Å². The fourth-order valence-electron chi connectivity index (χ4n) is 1.73. The van der Waals surface area contributed by atoms with Gasteiger partial charge in [-0.05, 0) is 12.1 Å². The minimum atomic E-state index is -4.04. The molecule has 10 heteroatoms. The summed E-state index contributed by atoms with van der Waals surface area (Å²) in [5.41, 5.74) is 0.458. The van der Waals surface area contributed by atoms with E-state index >= 15 is 0 Å². The Labute approximate surface area is 136 Å². The molecule has 0 spiro atoms. The van der Waals surface area contributed by atoms with Gasteiger partial charge in [0.25, 0.3) is 14.2 Å². The van der Waals surface area contributed by atoms with Crippen molar-refractivity contribution in [2.24, 2.45) is 0 Å². The number of halogens is 3. The van der Waals surface area contributed by atoms with Gasteiger partial charge >= 0.3 is 0 Å². The molecule has 0 amide bonds. The van der Waals surface area contributed by atoms with Crippen molar-refractivity contribution >= 4 is 42.9 Å². The first kappa shape index (κ1) is 16.5. The number of nitrogens with zero attached hydrogens (tertiary/aromatic N) is 3. The molecule has 1 aromatic heterocycles. The van der Waals surface area contributed by atoms with E-state index in [9.17, 15) is 8.42 Å². The molecule has 0 radical (unpaired) electrons. The molecule has 0 fully saturated rings. The predicted octanol–water partition coefficient (Wildman–Crippen LogP) is 2.83. The molecular weight excluding hydrogens is 361 g/mol. The molecule has 0 aliphatic carbocycles. The first-order valence-electron chi connectivity index (χ1n) is 5.67.